The van der Waals surface area contributed by atoms with Gasteiger partial charge in [-0.3, -0.25) is 0 Å². The first kappa shape index (κ1) is 15.4. The van der Waals surface area contributed by atoms with Gasteiger partial charge in [-0.25, -0.2) is 0 Å². The summed E-state index contributed by atoms with van der Waals surface area (Å²) in [5.41, 5.74) is 2.26. The average Bonchev–Trinajstić information content (AvgIpc) is 3.08. The van der Waals surface area contributed by atoms with Crippen LogP contribution in [0.2, 0.25) is 0 Å². The highest BCUT2D eigenvalue weighted by molar-refractivity contribution is 7.99. The third-order valence-electron chi connectivity index (χ3n) is 3.43. The van der Waals surface area contributed by atoms with E-state index in [1.165, 1.54) is 10.5 Å². The van der Waals surface area contributed by atoms with Crippen LogP contribution in [0.3, 0.4) is 0 Å². The summed E-state index contributed by atoms with van der Waals surface area (Å²) in [4.78, 5) is 1.27. The molecule has 0 amide bonds. The Balaban J connectivity index is 1.52. The Labute approximate surface area is 135 Å². The Bertz CT molecular complexity index is 592. The average molecular weight is 316 g/mol. The number of aryl methyl sites for hydroxylation is 1. The van der Waals surface area contributed by atoms with Crippen LogP contribution in [-0.2, 0) is 9.47 Å². The first-order chi connectivity index (χ1) is 10.8. The summed E-state index contributed by atoms with van der Waals surface area (Å²) in [6.07, 6.45) is -0.291. The van der Waals surface area contributed by atoms with Crippen LogP contribution in [0.4, 0.5) is 0 Å². The fraction of sp³-hybridized carbons (Fsp3) is 0.333. The maximum absolute atomic E-state index is 5.91. The van der Waals surface area contributed by atoms with Crippen LogP contribution in [0.15, 0.2) is 53.4 Å². The van der Waals surface area contributed by atoms with E-state index in [-0.39, 0.29) is 6.29 Å². The zero-order chi connectivity index (χ0) is 15.2. The Kier molecular flexibility index (Phi) is 5.38. The van der Waals surface area contributed by atoms with Crippen molar-refractivity contribution in [1.82, 2.24) is 0 Å². The fourth-order valence-corrected chi connectivity index (χ4v) is 3.02. The van der Waals surface area contributed by atoms with Crippen molar-refractivity contribution in [2.75, 3.05) is 25.6 Å². The second-order valence-corrected chi connectivity index (χ2v) is 6.29. The summed E-state index contributed by atoms with van der Waals surface area (Å²) < 4.78 is 17.0. The Morgan fingerprint density at radius 3 is 2.55 bits per heavy atom. The van der Waals surface area contributed by atoms with Gasteiger partial charge >= 0.3 is 0 Å². The van der Waals surface area contributed by atoms with Crippen molar-refractivity contribution in [2.24, 2.45) is 0 Å². The first-order valence-corrected chi connectivity index (χ1v) is 8.46. The van der Waals surface area contributed by atoms with E-state index < -0.39 is 0 Å². The molecule has 2 aromatic rings. The van der Waals surface area contributed by atoms with Gasteiger partial charge in [0.25, 0.3) is 0 Å². The van der Waals surface area contributed by atoms with Crippen molar-refractivity contribution in [1.29, 1.82) is 0 Å². The summed E-state index contributed by atoms with van der Waals surface area (Å²) >= 11 is 1.80. The van der Waals surface area contributed by atoms with Crippen LogP contribution in [0.25, 0.3) is 0 Å². The predicted molar refractivity (Wildman–Crippen MR) is 88.5 cm³/mol. The van der Waals surface area contributed by atoms with Gasteiger partial charge in [0.15, 0.2) is 6.29 Å². The summed E-state index contributed by atoms with van der Waals surface area (Å²) in [5, 5.41) is 0. The molecule has 0 aromatic heterocycles. The third-order valence-corrected chi connectivity index (χ3v) is 4.40. The van der Waals surface area contributed by atoms with Crippen molar-refractivity contribution < 1.29 is 14.2 Å². The molecule has 1 fully saturated rings. The fourth-order valence-electron chi connectivity index (χ4n) is 2.29. The van der Waals surface area contributed by atoms with Gasteiger partial charge in [-0.1, -0.05) is 35.9 Å². The lowest BCUT2D eigenvalue weighted by Crippen LogP contribution is -2.06. The molecule has 2 aromatic carbocycles. The monoisotopic (exact) mass is 316 g/mol. The second-order valence-electron chi connectivity index (χ2n) is 5.12. The van der Waals surface area contributed by atoms with Gasteiger partial charge in [0.2, 0.25) is 0 Å². The highest BCUT2D eigenvalue weighted by atomic mass is 32.2. The number of hydrogen-bond acceptors (Lipinski definition) is 4. The van der Waals surface area contributed by atoms with Gasteiger partial charge in [-0.2, -0.15) is 0 Å². The maximum Gasteiger partial charge on any atom is 0.187 e. The number of rotatable bonds is 6. The summed E-state index contributed by atoms with van der Waals surface area (Å²) in [6, 6.07) is 16.5. The van der Waals surface area contributed by atoms with E-state index in [1.54, 1.807) is 11.8 Å². The molecule has 1 saturated heterocycles. The summed E-state index contributed by atoms with van der Waals surface area (Å²) in [6.45, 7) is 4.04. The number of benzene rings is 2. The molecule has 1 aliphatic heterocycles. The van der Waals surface area contributed by atoms with Crippen LogP contribution in [-0.4, -0.2) is 25.6 Å². The second kappa shape index (κ2) is 7.68. The molecule has 3 nitrogen and oxygen atoms in total. The van der Waals surface area contributed by atoms with Crippen LogP contribution in [0.5, 0.6) is 5.75 Å². The van der Waals surface area contributed by atoms with E-state index >= 15 is 0 Å². The Hall–Kier alpha value is -1.49. The number of thioether (sulfide) groups is 1. The lowest BCUT2D eigenvalue weighted by molar-refractivity contribution is -0.0456. The van der Waals surface area contributed by atoms with E-state index in [0.29, 0.717) is 19.8 Å². The zero-order valence-electron chi connectivity index (χ0n) is 12.7. The molecule has 4 heteroatoms. The molecule has 1 aliphatic rings. The lowest BCUT2D eigenvalue weighted by Gasteiger charge is -2.15. The van der Waals surface area contributed by atoms with Gasteiger partial charge < -0.3 is 14.2 Å². The normalized spacial score (nSPS) is 15.1. The standard InChI is InChI=1S/C18H20O3S/c1-14-6-8-15(9-7-14)22-13-12-19-17-5-3-2-4-16(17)18-20-10-11-21-18/h2-9,18H,10-13H2,1H3. The number of hydrogen-bond donors (Lipinski definition) is 0. The molecule has 0 saturated carbocycles. The zero-order valence-corrected chi connectivity index (χ0v) is 13.5. The van der Waals surface area contributed by atoms with Gasteiger partial charge in [0.1, 0.15) is 5.75 Å². The lowest BCUT2D eigenvalue weighted by atomic mass is 10.2. The molecule has 22 heavy (non-hydrogen) atoms. The van der Waals surface area contributed by atoms with E-state index in [0.717, 1.165) is 17.1 Å². The Morgan fingerprint density at radius 1 is 1.05 bits per heavy atom. The first-order valence-electron chi connectivity index (χ1n) is 7.47. The molecule has 3 rings (SSSR count). The Morgan fingerprint density at radius 2 is 1.77 bits per heavy atom. The molecule has 0 atom stereocenters. The van der Waals surface area contributed by atoms with E-state index in [4.69, 9.17) is 14.2 Å². The molecular formula is C18H20O3S. The highest BCUT2D eigenvalue weighted by Crippen LogP contribution is 2.31. The van der Waals surface area contributed by atoms with Gasteiger partial charge in [0.05, 0.1) is 19.8 Å². The molecule has 0 radical (unpaired) electrons. The van der Waals surface area contributed by atoms with Crippen molar-refractivity contribution in [2.45, 2.75) is 18.1 Å². The highest BCUT2D eigenvalue weighted by Gasteiger charge is 2.21. The SMILES string of the molecule is Cc1ccc(SCCOc2ccccc2C2OCCO2)cc1. The third kappa shape index (κ3) is 4.03. The molecule has 0 spiro atoms. The molecular weight excluding hydrogens is 296 g/mol. The van der Waals surface area contributed by atoms with Crippen molar-refractivity contribution >= 4 is 11.8 Å². The minimum absolute atomic E-state index is 0.291. The van der Waals surface area contributed by atoms with Crippen LogP contribution in [0.1, 0.15) is 17.4 Å². The van der Waals surface area contributed by atoms with Crippen molar-refractivity contribution in [3.63, 3.8) is 0 Å². The van der Waals surface area contributed by atoms with Gasteiger partial charge in [-0.15, -0.1) is 11.8 Å². The number of ether oxygens (including phenoxy) is 3. The molecule has 0 N–H and O–H groups in total. The molecule has 0 aliphatic carbocycles. The quantitative estimate of drug-likeness (QED) is 0.589. The predicted octanol–water partition coefficient (Wildman–Crippen LogP) is 4.21. The molecule has 0 bridgehead atoms. The smallest absolute Gasteiger partial charge is 0.187 e. The topological polar surface area (TPSA) is 27.7 Å². The van der Waals surface area contributed by atoms with Crippen molar-refractivity contribution in [3.05, 3.63) is 59.7 Å². The molecule has 1 heterocycles. The van der Waals surface area contributed by atoms with Gasteiger partial charge in [0, 0.05) is 16.2 Å². The van der Waals surface area contributed by atoms with Crippen molar-refractivity contribution in [3.8, 4) is 5.75 Å². The van der Waals surface area contributed by atoms with E-state index in [2.05, 4.69) is 31.2 Å². The molecule has 116 valence electrons. The number of para-hydroxylation sites is 1. The van der Waals surface area contributed by atoms with E-state index in [1.807, 2.05) is 24.3 Å². The largest absolute Gasteiger partial charge is 0.492 e. The van der Waals surface area contributed by atoms with Crippen LogP contribution in [0, 0.1) is 6.92 Å². The summed E-state index contributed by atoms with van der Waals surface area (Å²) in [5.74, 6) is 1.75. The van der Waals surface area contributed by atoms with Crippen LogP contribution >= 0.6 is 11.8 Å². The minimum Gasteiger partial charge on any atom is -0.492 e. The maximum atomic E-state index is 5.91. The summed E-state index contributed by atoms with van der Waals surface area (Å²) in [7, 11) is 0. The van der Waals surface area contributed by atoms with Crippen LogP contribution < -0.4 is 4.74 Å². The minimum atomic E-state index is -0.291. The van der Waals surface area contributed by atoms with Gasteiger partial charge in [-0.05, 0) is 25.1 Å². The molecule has 0 unspecified atom stereocenters. The van der Waals surface area contributed by atoms with E-state index in [9.17, 15) is 0 Å².